The molecule has 0 aliphatic rings. The summed E-state index contributed by atoms with van der Waals surface area (Å²) in [6.45, 7) is 3.44. The molecule has 0 fully saturated rings. The lowest BCUT2D eigenvalue weighted by molar-refractivity contribution is 0.0695. The fourth-order valence-corrected chi connectivity index (χ4v) is 4.60. The summed E-state index contributed by atoms with van der Waals surface area (Å²) in [7, 11) is -2.22. The Morgan fingerprint density at radius 1 is 1.48 bits per heavy atom. The maximum Gasteiger partial charge on any atom is 0.336 e. The number of thioether (sulfide) groups is 1. The summed E-state index contributed by atoms with van der Waals surface area (Å²) in [6.07, 6.45) is 1.90. The van der Waals surface area contributed by atoms with Gasteiger partial charge in [0, 0.05) is 23.3 Å². The molecule has 0 aliphatic heterocycles. The van der Waals surface area contributed by atoms with Gasteiger partial charge in [-0.1, -0.05) is 15.9 Å². The minimum absolute atomic E-state index is 0.0196. The average molecular weight is 396 g/mol. The first kappa shape index (κ1) is 18.5. The van der Waals surface area contributed by atoms with Crippen LogP contribution in [-0.2, 0) is 10.0 Å². The zero-order chi connectivity index (χ0) is 16.4. The Morgan fingerprint density at radius 3 is 2.52 bits per heavy atom. The van der Waals surface area contributed by atoms with Crippen LogP contribution in [0.2, 0.25) is 0 Å². The molecule has 5 nitrogen and oxygen atoms in total. The van der Waals surface area contributed by atoms with E-state index in [0.717, 1.165) is 0 Å². The zero-order valence-corrected chi connectivity index (χ0v) is 15.5. The SMILES string of the molecule is CSCC(C)N(C)S(=O)(=O)c1cc(Br)c(C)c(C(=O)O)c1. The minimum Gasteiger partial charge on any atom is -0.478 e. The first-order chi connectivity index (χ1) is 9.62. The summed E-state index contributed by atoms with van der Waals surface area (Å²) < 4.78 is 26.9. The summed E-state index contributed by atoms with van der Waals surface area (Å²) in [5.41, 5.74) is 0.482. The number of rotatable bonds is 6. The quantitative estimate of drug-likeness (QED) is 0.801. The number of carboxylic acid groups (broad SMARTS) is 1. The van der Waals surface area contributed by atoms with Crippen LogP contribution in [0.25, 0.3) is 0 Å². The van der Waals surface area contributed by atoms with Gasteiger partial charge in [-0.3, -0.25) is 0 Å². The molecule has 0 saturated heterocycles. The topological polar surface area (TPSA) is 74.7 Å². The molecule has 0 spiro atoms. The molecule has 21 heavy (non-hydrogen) atoms. The molecule has 0 radical (unpaired) electrons. The first-order valence-electron chi connectivity index (χ1n) is 6.13. The van der Waals surface area contributed by atoms with Crippen LogP contribution in [-0.4, -0.2) is 48.9 Å². The molecule has 1 aromatic carbocycles. The number of halogens is 1. The highest BCUT2D eigenvalue weighted by molar-refractivity contribution is 9.10. The number of hydrogen-bond donors (Lipinski definition) is 1. The molecule has 0 heterocycles. The van der Waals surface area contributed by atoms with Crippen LogP contribution in [0, 0.1) is 6.92 Å². The Kier molecular flexibility index (Phi) is 6.27. The van der Waals surface area contributed by atoms with E-state index in [1.807, 2.05) is 13.2 Å². The highest BCUT2D eigenvalue weighted by Gasteiger charge is 2.27. The second-order valence-corrected chi connectivity index (χ2v) is 8.47. The number of carbonyl (C=O) groups is 1. The van der Waals surface area contributed by atoms with E-state index in [-0.39, 0.29) is 16.5 Å². The number of carboxylic acids is 1. The first-order valence-corrected chi connectivity index (χ1v) is 9.76. The van der Waals surface area contributed by atoms with E-state index in [4.69, 9.17) is 0 Å². The third kappa shape index (κ3) is 4.00. The number of sulfonamides is 1. The van der Waals surface area contributed by atoms with Gasteiger partial charge < -0.3 is 5.11 Å². The monoisotopic (exact) mass is 395 g/mol. The Bertz CT molecular complexity index is 646. The van der Waals surface area contributed by atoms with Crippen molar-refractivity contribution in [2.45, 2.75) is 24.8 Å². The fraction of sp³-hybridized carbons (Fsp3) is 0.462. The van der Waals surface area contributed by atoms with Crippen LogP contribution in [0.3, 0.4) is 0 Å². The van der Waals surface area contributed by atoms with Gasteiger partial charge in [0.25, 0.3) is 0 Å². The third-order valence-electron chi connectivity index (χ3n) is 3.25. The Morgan fingerprint density at radius 2 is 2.05 bits per heavy atom. The van der Waals surface area contributed by atoms with Crippen molar-refractivity contribution in [3.05, 3.63) is 27.7 Å². The second kappa shape index (κ2) is 7.13. The molecule has 1 atom stereocenters. The van der Waals surface area contributed by atoms with Gasteiger partial charge in [0.05, 0.1) is 10.5 Å². The molecule has 118 valence electrons. The molecule has 1 aromatic rings. The lowest BCUT2D eigenvalue weighted by atomic mass is 10.1. The average Bonchev–Trinajstić information content (AvgIpc) is 2.40. The van der Waals surface area contributed by atoms with Gasteiger partial charge in [0.1, 0.15) is 0 Å². The largest absolute Gasteiger partial charge is 0.478 e. The Balaban J connectivity index is 3.36. The van der Waals surface area contributed by atoms with E-state index in [1.165, 1.54) is 23.5 Å². The summed E-state index contributed by atoms with van der Waals surface area (Å²) >= 11 is 4.78. The van der Waals surface area contributed by atoms with Gasteiger partial charge in [-0.2, -0.15) is 16.1 Å². The van der Waals surface area contributed by atoms with Crippen LogP contribution in [0.5, 0.6) is 0 Å². The molecule has 8 heteroatoms. The number of benzene rings is 1. The lowest BCUT2D eigenvalue weighted by Crippen LogP contribution is -2.36. The summed E-state index contributed by atoms with van der Waals surface area (Å²) in [5, 5.41) is 9.18. The van der Waals surface area contributed by atoms with E-state index in [0.29, 0.717) is 15.8 Å². The van der Waals surface area contributed by atoms with Gasteiger partial charge in [0.2, 0.25) is 10.0 Å². The van der Waals surface area contributed by atoms with Crippen molar-refractivity contribution in [1.82, 2.24) is 4.31 Å². The smallest absolute Gasteiger partial charge is 0.336 e. The van der Waals surface area contributed by atoms with E-state index < -0.39 is 16.0 Å². The molecule has 1 unspecified atom stereocenters. The highest BCUT2D eigenvalue weighted by atomic mass is 79.9. The van der Waals surface area contributed by atoms with Gasteiger partial charge in [-0.15, -0.1) is 0 Å². The lowest BCUT2D eigenvalue weighted by Gasteiger charge is -2.24. The maximum atomic E-state index is 12.6. The van der Waals surface area contributed by atoms with Crippen LogP contribution in [0.15, 0.2) is 21.5 Å². The van der Waals surface area contributed by atoms with E-state index >= 15 is 0 Å². The van der Waals surface area contributed by atoms with Crippen molar-refractivity contribution in [1.29, 1.82) is 0 Å². The van der Waals surface area contributed by atoms with Gasteiger partial charge >= 0.3 is 5.97 Å². The van der Waals surface area contributed by atoms with Crippen molar-refractivity contribution >= 4 is 43.7 Å². The van der Waals surface area contributed by atoms with Crippen molar-refractivity contribution in [2.75, 3.05) is 19.1 Å². The fourth-order valence-electron chi connectivity index (χ4n) is 1.77. The molecular formula is C13H18BrNO4S2. The van der Waals surface area contributed by atoms with Crippen LogP contribution in [0.1, 0.15) is 22.8 Å². The molecule has 0 aliphatic carbocycles. The highest BCUT2D eigenvalue weighted by Crippen LogP contribution is 2.27. The maximum absolute atomic E-state index is 12.6. The molecule has 0 bridgehead atoms. The third-order valence-corrected chi connectivity index (χ3v) is 6.84. The number of nitrogens with zero attached hydrogens (tertiary/aromatic N) is 1. The van der Waals surface area contributed by atoms with Crippen molar-refractivity contribution < 1.29 is 18.3 Å². The standard InChI is InChI=1S/C13H18BrNO4S2/c1-8(7-20-4)15(3)21(18,19)10-5-11(13(16)17)9(2)12(14)6-10/h5-6,8H,7H2,1-4H3,(H,16,17). The molecule has 0 amide bonds. The van der Waals surface area contributed by atoms with Crippen LogP contribution in [0.4, 0.5) is 0 Å². The molecule has 1 rings (SSSR count). The minimum atomic E-state index is -3.73. The number of aromatic carboxylic acids is 1. The van der Waals surface area contributed by atoms with Gasteiger partial charge in [-0.05, 0) is 37.8 Å². The van der Waals surface area contributed by atoms with Gasteiger partial charge in [0.15, 0.2) is 0 Å². The predicted molar refractivity (Wildman–Crippen MR) is 88.6 cm³/mol. The molecular weight excluding hydrogens is 378 g/mol. The van der Waals surface area contributed by atoms with E-state index in [9.17, 15) is 18.3 Å². The summed E-state index contributed by atoms with van der Waals surface area (Å²) in [6, 6.07) is 2.47. The molecule has 0 aromatic heterocycles. The normalized spacial score (nSPS) is 13.4. The Hall–Kier alpha value is -0.570. The summed E-state index contributed by atoms with van der Waals surface area (Å²) in [5.74, 6) is -0.487. The number of hydrogen-bond acceptors (Lipinski definition) is 4. The van der Waals surface area contributed by atoms with Crippen molar-refractivity contribution in [2.24, 2.45) is 0 Å². The van der Waals surface area contributed by atoms with Gasteiger partial charge in [-0.25, -0.2) is 13.2 Å². The van der Waals surface area contributed by atoms with Crippen LogP contribution >= 0.6 is 27.7 Å². The van der Waals surface area contributed by atoms with E-state index in [1.54, 1.807) is 18.7 Å². The summed E-state index contributed by atoms with van der Waals surface area (Å²) in [4.78, 5) is 11.2. The zero-order valence-electron chi connectivity index (χ0n) is 12.3. The molecule has 0 saturated carbocycles. The van der Waals surface area contributed by atoms with Crippen LogP contribution < -0.4 is 0 Å². The van der Waals surface area contributed by atoms with E-state index in [2.05, 4.69) is 15.9 Å². The molecule has 1 N–H and O–H groups in total. The Labute approximate surface area is 137 Å². The second-order valence-electron chi connectivity index (χ2n) is 4.71. The van der Waals surface area contributed by atoms with Crippen molar-refractivity contribution in [3.8, 4) is 0 Å². The van der Waals surface area contributed by atoms with Crippen molar-refractivity contribution in [3.63, 3.8) is 0 Å². The predicted octanol–water partition coefficient (Wildman–Crippen LogP) is 2.83.